The molecule has 0 bridgehead atoms. The van der Waals surface area contributed by atoms with Gasteiger partial charge in [0.1, 0.15) is 11.3 Å². The van der Waals surface area contributed by atoms with Crippen LogP contribution in [0.2, 0.25) is 5.02 Å². The smallest absolute Gasteiger partial charge is 0.260 e. The molecule has 0 N–H and O–H groups in total. The highest BCUT2D eigenvalue weighted by atomic mass is 35.5. The van der Waals surface area contributed by atoms with Gasteiger partial charge in [0.25, 0.3) is 5.91 Å². The molecule has 7 heteroatoms. The average molecular weight is 474 g/mol. The van der Waals surface area contributed by atoms with Crippen molar-refractivity contribution in [3.05, 3.63) is 53.1 Å². The zero-order chi connectivity index (χ0) is 22.9. The number of carbonyl (C=O) groups is 1. The second kappa shape index (κ2) is 12.2. The van der Waals surface area contributed by atoms with Crippen LogP contribution in [0.25, 0.3) is 10.2 Å². The molecule has 0 unspecified atom stereocenters. The van der Waals surface area contributed by atoms with Gasteiger partial charge < -0.3 is 9.64 Å². The van der Waals surface area contributed by atoms with Gasteiger partial charge in [-0.05, 0) is 55.9 Å². The molecule has 1 heterocycles. The van der Waals surface area contributed by atoms with Crippen LogP contribution < -0.4 is 9.64 Å². The summed E-state index contributed by atoms with van der Waals surface area (Å²) in [5, 5.41) is 1.27. The molecule has 3 aromatic rings. The Morgan fingerprint density at radius 3 is 2.44 bits per heavy atom. The number of ether oxygens (including phenoxy) is 1. The van der Waals surface area contributed by atoms with Gasteiger partial charge in [-0.3, -0.25) is 9.69 Å². The fraction of sp³-hybridized carbons (Fsp3) is 0.440. The van der Waals surface area contributed by atoms with Crippen LogP contribution >= 0.6 is 22.9 Å². The molecule has 3 rings (SSSR count). The SMILES string of the molecule is CCCCCOc1ccc(C(=O)N(CCN(CC)CC)c2nc3c(Cl)cccc3s2)cc1. The van der Waals surface area contributed by atoms with Gasteiger partial charge in [0.2, 0.25) is 0 Å². The Balaban J connectivity index is 1.81. The maximum absolute atomic E-state index is 13.5. The Morgan fingerprint density at radius 1 is 1.03 bits per heavy atom. The minimum atomic E-state index is -0.0649. The highest BCUT2D eigenvalue weighted by Gasteiger charge is 2.22. The van der Waals surface area contributed by atoms with E-state index in [1.165, 1.54) is 11.3 Å². The monoisotopic (exact) mass is 473 g/mol. The largest absolute Gasteiger partial charge is 0.494 e. The molecule has 0 saturated carbocycles. The molecule has 5 nitrogen and oxygen atoms in total. The lowest BCUT2D eigenvalue weighted by molar-refractivity contribution is 0.0983. The van der Waals surface area contributed by atoms with Gasteiger partial charge in [-0.15, -0.1) is 0 Å². The summed E-state index contributed by atoms with van der Waals surface area (Å²) in [6.45, 7) is 10.4. The maximum atomic E-state index is 13.5. The number of nitrogens with zero attached hydrogens (tertiary/aromatic N) is 3. The molecule has 1 amide bonds. The van der Waals surface area contributed by atoms with Gasteiger partial charge >= 0.3 is 0 Å². The number of anilines is 1. The Morgan fingerprint density at radius 2 is 1.78 bits per heavy atom. The average Bonchev–Trinajstić information content (AvgIpc) is 3.25. The second-order valence-corrected chi connectivity index (χ2v) is 9.06. The minimum absolute atomic E-state index is 0.0649. The van der Waals surface area contributed by atoms with Crippen molar-refractivity contribution < 1.29 is 9.53 Å². The van der Waals surface area contributed by atoms with E-state index >= 15 is 0 Å². The van der Waals surface area contributed by atoms with Crippen molar-refractivity contribution in [3.63, 3.8) is 0 Å². The summed E-state index contributed by atoms with van der Waals surface area (Å²) in [7, 11) is 0. The lowest BCUT2D eigenvalue weighted by Gasteiger charge is -2.24. The molecule has 0 radical (unpaired) electrons. The minimum Gasteiger partial charge on any atom is -0.494 e. The van der Waals surface area contributed by atoms with E-state index in [-0.39, 0.29) is 5.91 Å². The first-order chi connectivity index (χ1) is 15.6. The molecule has 1 aromatic heterocycles. The lowest BCUT2D eigenvalue weighted by atomic mass is 10.2. The molecule has 0 saturated heterocycles. The van der Waals surface area contributed by atoms with E-state index in [1.807, 2.05) is 42.5 Å². The number of fused-ring (bicyclic) bond motifs is 1. The van der Waals surface area contributed by atoms with Crippen LogP contribution in [0.5, 0.6) is 5.75 Å². The van der Waals surface area contributed by atoms with Crippen molar-refractivity contribution in [1.29, 1.82) is 0 Å². The van der Waals surface area contributed by atoms with Gasteiger partial charge in [0.15, 0.2) is 5.13 Å². The van der Waals surface area contributed by atoms with E-state index in [1.54, 1.807) is 4.90 Å². The third-order valence-corrected chi connectivity index (χ3v) is 6.84. The van der Waals surface area contributed by atoms with Crippen LogP contribution in [0.3, 0.4) is 0 Å². The molecule has 0 spiro atoms. The topological polar surface area (TPSA) is 45.7 Å². The number of rotatable bonds is 12. The van der Waals surface area contributed by atoms with Crippen LogP contribution in [0.15, 0.2) is 42.5 Å². The number of unbranched alkanes of at least 4 members (excludes halogenated alkanes) is 2. The number of benzene rings is 2. The number of hydrogen-bond donors (Lipinski definition) is 0. The molecule has 0 aliphatic carbocycles. The van der Waals surface area contributed by atoms with Gasteiger partial charge in [0.05, 0.1) is 16.3 Å². The summed E-state index contributed by atoms with van der Waals surface area (Å²) >= 11 is 7.84. The number of aromatic nitrogens is 1. The van der Waals surface area contributed by atoms with Gasteiger partial charge in [-0.1, -0.05) is 62.6 Å². The number of carbonyl (C=O) groups excluding carboxylic acids is 1. The summed E-state index contributed by atoms with van der Waals surface area (Å²) in [6.07, 6.45) is 3.36. The summed E-state index contributed by atoms with van der Waals surface area (Å²) in [4.78, 5) is 22.3. The van der Waals surface area contributed by atoms with Crippen LogP contribution in [0.4, 0.5) is 5.13 Å². The number of halogens is 1. The van der Waals surface area contributed by atoms with Crippen LogP contribution in [-0.2, 0) is 0 Å². The molecule has 0 aliphatic heterocycles. The van der Waals surface area contributed by atoms with Crippen LogP contribution in [0.1, 0.15) is 50.4 Å². The standard InChI is InChI=1S/C25H32ClN3O2S/c1-4-7-8-18-31-20-14-12-19(13-15-20)24(30)29(17-16-28(5-2)6-3)25-27-23-21(26)10-9-11-22(23)32-25/h9-15H,4-8,16-18H2,1-3H3. The van der Waals surface area contributed by atoms with E-state index in [0.717, 1.165) is 54.9 Å². The fourth-order valence-electron chi connectivity index (χ4n) is 3.48. The zero-order valence-electron chi connectivity index (χ0n) is 19.1. The maximum Gasteiger partial charge on any atom is 0.260 e. The number of thiazole rings is 1. The van der Waals surface area contributed by atoms with Crippen molar-refractivity contribution in [3.8, 4) is 5.75 Å². The van der Waals surface area contributed by atoms with Gasteiger partial charge in [0, 0.05) is 18.7 Å². The van der Waals surface area contributed by atoms with E-state index in [4.69, 9.17) is 21.3 Å². The first kappa shape index (κ1) is 24.5. The lowest BCUT2D eigenvalue weighted by Crippen LogP contribution is -2.38. The quantitative estimate of drug-likeness (QED) is 0.281. The molecule has 32 heavy (non-hydrogen) atoms. The Labute approximate surface area is 200 Å². The predicted molar refractivity (Wildman–Crippen MR) is 136 cm³/mol. The van der Waals surface area contributed by atoms with E-state index in [9.17, 15) is 4.79 Å². The summed E-state index contributed by atoms with van der Waals surface area (Å²) < 4.78 is 6.77. The number of hydrogen-bond acceptors (Lipinski definition) is 5. The fourth-order valence-corrected chi connectivity index (χ4v) is 4.77. The van der Waals surface area contributed by atoms with Crippen LogP contribution in [-0.4, -0.2) is 48.6 Å². The molecule has 172 valence electrons. The van der Waals surface area contributed by atoms with E-state index in [0.29, 0.717) is 28.9 Å². The highest BCUT2D eigenvalue weighted by Crippen LogP contribution is 2.33. The van der Waals surface area contributed by atoms with Crippen molar-refractivity contribution in [1.82, 2.24) is 9.88 Å². The van der Waals surface area contributed by atoms with Crippen molar-refractivity contribution >= 4 is 44.2 Å². The normalized spacial score (nSPS) is 11.3. The second-order valence-electron chi connectivity index (χ2n) is 7.65. The first-order valence-corrected chi connectivity index (χ1v) is 12.6. The summed E-state index contributed by atoms with van der Waals surface area (Å²) in [5.41, 5.74) is 1.36. The molecule has 2 aromatic carbocycles. The number of likely N-dealkylation sites (N-methyl/N-ethyl adjacent to an activating group) is 1. The molecule has 0 atom stereocenters. The molecule has 0 fully saturated rings. The Bertz CT molecular complexity index is 1000. The van der Waals surface area contributed by atoms with Crippen molar-refractivity contribution in [2.45, 2.75) is 40.0 Å². The highest BCUT2D eigenvalue weighted by molar-refractivity contribution is 7.22. The van der Waals surface area contributed by atoms with Gasteiger partial charge in [-0.2, -0.15) is 0 Å². The van der Waals surface area contributed by atoms with Crippen molar-refractivity contribution in [2.75, 3.05) is 37.7 Å². The third kappa shape index (κ3) is 6.21. The summed E-state index contributed by atoms with van der Waals surface area (Å²) in [5.74, 6) is 0.726. The van der Waals surface area contributed by atoms with Gasteiger partial charge in [-0.25, -0.2) is 4.98 Å². The molecular weight excluding hydrogens is 442 g/mol. The first-order valence-electron chi connectivity index (χ1n) is 11.4. The Hall–Kier alpha value is -2.15. The zero-order valence-corrected chi connectivity index (χ0v) is 20.7. The Kier molecular flexibility index (Phi) is 9.33. The summed E-state index contributed by atoms with van der Waals surface area (Å²) in [6, 6.07) is 13.1. The number of amides is 1. The predicted octanol–water partition coefficient (Wildman–Crippen LogP) is 6.51. The third-order valence-electron chi connectivity index (χ3n) is 5.49. The van der Waals surface area contributed by atoms with E-state index < -0.39 is 0 Å². The van der Waals surface area contributed by atoms with E-state index in [2.05, 4.69) is 25.7 Å². The molecule has 0 aliphatic rings. The molecular formula is C25H32ClN3O2S. The van der Waals surface area contributed by atoms with Crippen molar-refractivity contribution in [2.24, 2.45) is 0 Å². The number of para-hydroxylation sites is 1. The van der Waals surface area contributed by atoms with Crippen LogP contribution in [0, 0.1) is 0 Å².